The van der Waals surface area contributed by atoms with Gasteiger partial charge in [0.2, 0.25) is 5.13 Å². The molecule has 0 atom stereocenters. The summed E-state index contributed by atoms with van der Waals surface area (Å²) in [5, 5.41) is 10.7. The second-order valence-electron chi connectivity index (χ2n) is 8.08. The number of nitrogens with zero attached hydrogens (tertiary/aromatic N) is 3. The molecule has 0 aliphatic carbocycles. The molecule has 0 aliphatic rings. The van der Waals surface area contributed by atoms with Crippen molar-refractivity contribution in [2.24, 2.45) is 0 Å². The van der Waals surface area contributed by atoms with Crippen LogP contribution in [0.4, 0.5) is 5.82 Å². The van der Waals surface area contributed by atoms with Gasteiger partial charge in [-0.15, -0.1) is 11.3 Å². The summed E-state index contributed by atoms with van der Waals surface area (Å²) >= 11 is 7.38. The Morgan fingerprint density at radius 1 is 1.12 bits per heavy atom. The van der Waals surface area contributed by atoms with Crippen LogP contribution in [-0.4, -0.2) is 32.9 Å². The van der Waals surface area contributed by atoms with Gasteiger partial charge in [-0.1, -0.05) is 11.6 Å². The van der Waals surface area contributed by atoms with E-state index < -0.39 is 5.60 Å². The molecule has 0 saturated carbocycles. The fraction of sp³-hybridized carbons (Fsp3) is 0.240. The van der Waals surface area contributed by atoms with Crippen LogP contribution in [0.1, 0.15) is 26.5 Å². The number of thiazole rings is 1. The topological polar surface area (TPSA) is 78.3 Å². The standard InChI is InChI=1S/C25H25ClN4O3S/c1-5-32-19-10-6-17(7-11-19)21-15-34-24(27-21)30-22(14-16(2)29-30)28-23(31)25(3,4)33-20-12-8-18(26)9-13-20/h6-15H,5H2,1-4H3,(H,28,31). The number of ether oxygens (including phenoxy) is 2. The van der Waals surface area contributed by atoms with Crippen molar-refractivity contribution in [3.05, 3.63) is 70.7 Å². The number of carbonyl (C=O) groups is 1. The van der Waals surface area contributed by atoms with Gasteiger partial charge in [-0.3, -0.25) is 4.79 Å². The predicted molar refractivity (Wildman–Crippen MR) is 135 cm³/mol. The summed E-state index contributed by atoms with van der Waals surface area (Å²) < 4.78 is 13.1. The smallest absolute Gasteiger partial charge is 0.269 e. The number of hydrogen-bond donors (Lipinski definition) is 1. The molecule has 0 unspecified atom stereocenters. The first kappa shape index (κ1) is 23.8. The maximum atomic E-state index is 13.1. The van der Waals surface area contributed by atoms with E-state index in [4.69, 9.17) is 26.1 Å². The zero-order chi connectivity index (χ0) is 24.3. The highest BCUT2D eigenvalue weighted by Gasteiger charge is 2.31. The molecular formula is C25H25ClN4O3S. The highest BCUT2D eigenvalue weighted by atomic mass is 35.5. The summed E-state index contributed by atoms with van der Waals surface area (Å²) in [5.74, 6) is 1.57. The highest BCUT2D eigenvalue weighted by Crippen LogP contribution is 2.28. The minimum absolute atomic E-state index is 0.313. The summed E-state index contributed by atoms with van der Waals surface area (Å²) in [4.78, 5) is 17.8. The van der Waals surface area contributed by atoms with Crippen molar-refractivity contribution in [1.82, 2.24) is 14.8 Å². The number of aryl methyl sites for hydroxylation is 1. The third-order valence-electron chi connectivity index (χ3n) is 4.94. The number of halogens is 1. The van der Waals surface area contributed by atoms with E-state index in [2.05, 4.69) is 10.4 Å². The predicted octanol–water partition coefficient (Wildman–Crippen LogP) is 6.15. The maximum Gasteiger partial charge on any atom is 0.269 e. The summed E-state index contributed by atoms with van der Waals surface area (Å²) in [7, 11) is 0. The van der Waals surface area contributed by atoms with E-state index >= 15 is 0 Å². The third-order valence-corrected chi connectivity index (χ3v) is 6.01. The molecule has 0 aliphatic heterocycles. The van der Waals surface area contributed by atoms with E-state index in [9.17, 15) is 4.79 Å². The molecule has 0 fully saturated rings. The average Bonchev–Trinajstić information content (AvgIpc) is 3.42. The minimum atomic E-state index is -1.13. The monoisotopic (exact) mass is 496 g/mol. The first-order valence-electron chi connectivity index (χ1n) is 10.8. The van der Waals surface area contributed by atoms with Crippen molar-refractivity contribution < 1.29 is 14.3 Å². The van der Waals surface area contributed by atoms with E-state index in [0.717, 1.165) is 22.7 Å². The Hall–Kier alpha value is -3.36. The van der Waals surface area contributed by atoms with Crippen LogP contribution in [0.3, 0.4) is 0 Å². The van der Waals surface area contributed by atoms with E-state index in [1.165, 1.54) is 11.3 Å². The normalized spacial score (nSPS) is 11.3. The summed E-state index contributed by atoms with van der Waals surface area (Å²) in [5.41, 5.74) is 1.41. The van der Waals surface area contributed by atoms with Crippen LogP contribution in [0.25, 0.3) is 16.4 Å². The molecule has 7 nitrogen and oxygen atoms in total. The SMILES string of the molecule is CCOc1ccc(-c2csc(-n3nc(C)cc3NC(=O)C(C)(C)Oc3ccc(Cl)cc3)n2)cc1. The van der Waals surface area contributed by atoms with Crippen LogP contribution >= 0.6 is 22.9 Å². The van der Waals surface area contributed by atoms with Crippen molar-refractivity contribution in [2.45, 2.75) is 33.3 Å². The Balaban J connectivity index is 1.53. The van der Waals surface area contributed by atoms with Gasteiger partial charge in [0.25, 0.3) is 5.91 Å². The van der Waals surface area contributed by atoms with Crippen LogP contribution in [-0.2, 0) is 4.79 Å². The fourth-order valence-electron chi connectivity index (χ4n) is 3.23. The summed E-state index contributed by atoms with van der Waals surface area (Å²) in [6.07, 6.45) is 0. The largest absolute Gasteiger partial charge is 0.494 e. The van der Waals surface area contributed by atoms with E-state index in [-0.39, 0.29) is 5.91 Å². The van der Waals surface area contributed by atoms with Gasteiger partial charge in [-0.25, -0.2) is 4.98 Å². The molecule has 4 aromatic rings. The quantitative estimate of drug-likeness (QED) is 0.316. The zero-order valence-electron chi connectivity index (χ0n) is 19.3. The molecule has 1 N–H and O–H groups in total. The number of hydrogen-bond acceptors (Lipinski definition) is 6. The van der Waals surface area contributed by atoms with Gasteiger partial charge in [0.05, 0.1) is 18.0 Å². The Morgan fingerprint density at radius 3 is 2.47 bits per heavy atom. The molecule has 2 heterocycles. The summed E-state index contributed by atoms with van der Waals surface area (Å²) in [6.45, 7) is 7.85. The van der Waals surface area contributed by atoms with E-state index in [0.29, 0.717) is 28.3 Å². The van der Waals surface area contributed by atoms with Crippen molar-refractivity contribution >= 4 is 34.7 Å². The lowest BCUT2D eigenvalue weighted by Crippen LogP contribution is -2.42. The number of aromatic nitrogens is 3. The van der Waals surface area contributed by atoms with Crippen LogP contribution in [0, 0.1) is 6.92 Å². The van der Waals surface area contributed by atoms with Gasteiger partial charge in [0.1, 0.15) is 17.3 Å². The minimum Gasteiger partial charge on any atom is -0.494 e. The zero-order valence-corrected chi connectivity index (χ0v) is 20.9. The van der Waals surface area contributed by atoms with Crippen LogP contribution in [0.15, 0.2) is 60.0 Å². The number of rotatable bonds is 8. The third kappa shape index (κ3) is 5.40. The molecule has 0 radical (unpaired) electrons. The molecule has 0 bridgehead atoms. The molecule has 0 spiro atoms. The average molecular weight is 497 g/mol. The lowest BCUT2D eigenvalue weighted by atomic mass is 10.1. The van der Waals surface area contributed by atoms with Crippen LogP contribution in [0.2, 0.25) is 5.02 Å². The van der Waals surface area contributed by atoms with Gasteiger partial charge in [0.15, 0.2) is 5.60 Å². The first-order valence-corrected chi connectivity index (χ1v) is 12.0. The van der Waals surface area contributed by atoms with Crippen molar-refractivity contribution in [3.63, 3.8) is 0 Å². The lowest BCUT2D eigenvalue weighted by Gasteiger charge is -2.25. The number of carbonyl (C=O) groups excluding carboxylic acids is 1. The Morgan fingerprint density at radius 2 is 1.79 bits per heavy atom. The molecule has 176 valence electrons. The molecular weight excluding hydrogens is 472 g/mol. The van der Waals surface area contributed by atoms with Crippen molar-refractivity contribution in [2.75, 3.05) is 11.9 Å². The van der Waals surface area contributed by atoms with Gasteiger partial charge in [0, 0.05) is 22.0 Å². The van der Waals surface area contributed by atoms with E-state index in [1.807, 2.05) is 43.5 Å². The Bertz CT molecular complexity index is 1280. The number of amides is 1. The lowest BCUT2D eigenvalue weighted by molar-refractivity contribution is -0.128. The molecule has 0 saturated heterocycles. The van der Waals surface area contributed by atoms with Gasteiger partial charge in [-0.05, 0) is 76.2 Å². The number of nitrogens with one attached hydrogen (secondary N) is 1. The molecule has 2 aromatic heterocycles. The number of benzene rings is 2. The number of anilines is 1. The second kappa shape index (κ2) is 9.87. The maximum absolute atomic E-state index is 13.1. The fourth-order valence-corrected chi connectivity index (χ4v) is 4.15. The van der Waals surface area contributed by atoms with Crippen molar-refractivity contribution in [3.8, 4) is 27.9 Å². The van der Waals surface area contributed by atoms with E-state index in [1.54, 1.807) is 48.9 Å². The molecule has 34 heavy (non-hydrogen) atoms. The molecule has 4 rings (SSSR count). The second-order valence-corrected chi connectivity index (χ2v) is 9.35. The van der Waals surface area contributed by atoms with Gasteiger partial charge >= 0.3 is 0 Å². The van der Waals surface area contributed by atoms with Crippen molar-refractivity contribution in [1.29, 1.82) is 0 Å². The van der Waals surface area contributed by atoms with Gasteiger partial charge < -0.3 is 14.8 Å². The Labute approximate surface area is 207 Å². The highest BCUT2D eigenvalue weighted by molar-refractivity contribution is 7.12. The first-order chi connectivity index (χ1) is 16.2. The molecule has 9 heteroatoms. The molecule has 1 amide bonds. The Kier molecular flexibility index (Phi) is 6.90. The summed E-state index contributed by atoms with van der Waals surface area (Å²) in [6, 6.07) is 16.5. The van der Waals surface area contributed by atoms with Crippen LogP contribution in [0.5, 0.6) is 11.5 Å². The molecule has 2 aromatic carbocycles. The van der Waals surface area contributed by atoms with Gasteiger partial charge in [-0.2, -0.15) is 9.78 Å². The van der Waals surface area contributed by atoms with Crippen LogP contribution < -0.4 is 14.8 Å².